The first-order chi connectivity index (χ1) is 9.19. The summed E-state index contributed by atoms with van der Waals surface area (Å²) in [5.74, 6) is 0.768. The summed E-state index contributed by atoms with van der Waals surface area (Å²) in [5, 5.41) is 0. The van der Waals surface area contributed by atoms with Crippen LogP contribution in [-0.4, -0.2) is 19.4 Å². The van der Waals surface area contributed by atoms with Gasteiger partial charge in [-0.1, -0.05) is 27.7 Å². The molecule has 0 unspecified atom stereocenters. The lowest BCUT2D eigenvalue weighted by molar-refractivity contribution is 0.319. The van der Waals surface area contributed by atoms with Crippen LogP contribution in [0.5, 0.6) is 5.75 Å². The smallest absolute Gasteiger partial charge is 0.143 e. The van der Waals surface area contributed by atoms with E-state index >= 15 is 0 Å². The van der Waals surface area contributed by atoms with Crippen LogP contribution in [-0.2, 0) is 0 Å². The van der Waals surface area contributed by atoms with Crippen molar-refractivity contribution in [2.75, 3.05) is 18.9 Å². The number of nitrogen functional groups attached to an aromatic ring is 1. The summed E-state index contributed by atoms with van der Waals surface area (Å²) in [6.45, 7) is 11.7. The molecule has 0 saturated heterocycles. The molecule has 2 N–H and O–H groups in total. The van der Waals surface area contributed by atoms with Crippen LogP contribution >= 0.6 is 0 Å². The molecule has 19 heavy (non-hydrogen) atoms. The lowest BCUT2D eigenvalue weighted by atomic mass is 10.1. The summed E-state index contributed by atoms with van der Waals surface area (Å²) in [6, 6.07) is 4.01. The third-order valence-corrected chi connectivity index (χ3v) is 2.36. The van der Waals surface area contributed by atoms with Gasteiger partial charge in [0.2, 0.25) is 0 Å². The Labute approximate surface area is 117 Å². The fourth-order valence-corrected chi connectivity index (χ4v) is 1.52. The molecule has 0 aromatic heterocycles. The highest BCUT2D eigenvalue weighted by Crippen LogP contribution is 2.26. The maximum atomic E-state index is 6.06. The number of ether oxygens (including phenoxy) is 1. The minimum atomic E-state index is 0.684. The Bertz CT molecular complexity index is 387. The van der Waals surface area contributed by atoms with Crippen molar-refractivity contribution in [3.63, 3.8) is 0 Å². The molecule has 0 radical (unpaired) electrons. The molecule has 3 heteroatoms. The predicted octanol–water partition coefficient (Wildman–Crippen LogP) is 4.22. The zero-order chi connectivity index (χ0) is 14.7. The average Bonchev–Trinajstić information content (AvgIpc) is 2.43. The van der Waals surface area contributed by atoms with Gasteiger partial charge in [-0.25, -0.2) is 0 Å². The van der Waals surface area contributed by atoms with Gasteiger partial charge in [-0.3, -0.25) is 4.99 Å². The molecule has 108 valence electrons. The standard InChI is InChI=1S/C14H22N2O.C2H6/c1-4-6-16-10-12-8-11(3)9-13(14(12)15)17-7-5-2;1-2/h8-10H,4-7,15H2,1-3H3;1-2H3. The lowest BCUT2D eigenvalue weighted by Crippen LogP contribution is -2.02. The van der Waals surface area contributed by atoms with E-state index in [0.717, 1.165) is 36.3 Å². The molecule has 0 saturated carbocycles. The largest absolute Gasteiger partial charge is 0.491 e. The molecule has 0 aliphatic rings. The van der Waals surface area contributed by atoms with E-state index in [9.17, 15) is 0 Å². The van der Waals surface area contributed by atoms with Gasteiger partial charge in [0.05, 0.1) is 12.3 Å². The Morgan fingerprint density at radius 2 is 1.89 bits per heavy atom. The predicted molar refractivity (Wildman–Crippen MR) is 85.5 cm³/mol. The van der Waals surface area contributed by atoms with Crippen molar-refractivity contribution in [2.45, 2.75) is 47.5 Å². The molecule has 3 nitrogen and oxygen atoms in total. The number of aliphatic imine (C=N–C) groups is 1. The SMILES string of the molecule is CC.CCCN=Cc1cc(C)cc(OCCC)c1N. The van der Waals surface area contributed by atoms with E-state index in [1.165, 1.54) is 0 Å². The van der Waals surface area contributed by atoms with Crippen molar-refractivity contribution in [3.8, 4) is 5.75 Å². The fourth-order valence-electron chi connectivity index (χ4n) is 1.52. The van der Waals surface area contributed by atoms with Crippen molar-refractivity contribution in [1.29, 1.82) is 0 Å². The number of nitrogens with two attached hydrogens (primary N) is 1. The molecule has 0 bridgehead atoms. The van der Waals surface area contributed by atoms with E-state index in [2.05, 4.69) is 18.8 Å². The van der Waals surface area contributed by atoms with Gasteiger partial charge < -0.3 is 10.5 Å². The van der Waals surface area contributed by atoms with Crippen molar-refractivity contribution in [3.05, 3.63) is 23.3 Å². The normalized spacial score (nSPS) is 10.2. The molecular weight excluding hydrogens is 236 g/mol. The summed E-state index contributed by atoms with van der Waals surface area (Å²) < 4.78 is 5.63. The molecule has 1 rings (SSSR count). The van der Waals surface area contributed by atoms with E-state index in [1.807, 2.05) is 39.1 Å². The highest BCUT2D eigenvalue weighted by molar-refractivity contribution is 5.89. The maximum absolute atomic E-state index is 6.06. The van der Waals surface area contributed by atoms with E-state index < -0.39 is 0 Å². The minimum Gasteiger partial charge on any atom is -0.491 e. The summed E-state index contributed by atoms with van der Waals surface area (Å²) in [5.41, 5.74) is 8.83. The number of hydrogen-bond acceptors (Lipinski definition) is 3. The second kappa shape index (κ2) is 10.4. The van der Waals surface area contributed by atoms with E-state index in [0.29, 0.717) is 12.3 Å². The zero-order valence-electron chi connectivity index (χ0n) is 13.0. The molecular formula is C16H28N2O. The molecule has 0 aliphatic heterocycles. The van der Waals surface area contributed by atoms with E-state index in [1.54, 1.807) is 0 Å². The number of rotatable bonds is 6. The van der Waals surface area contributed by atoms with Crippen LogP contribution in [0.3, 0.4) is 0 Å². The molecule has 0 fully saturated rings. The Balaban J connectivity index is 0.00000154. The molecule has 0 aliphatic carbocycles. The number of aryl methyl sites for hydroxylation is 1. The van der Waals surface area contributed by atoms with Gasteiger partial charge >= 0.3 is 0 Å². The molecule has 0 heterocycles. The number of anilines is 1. The number of nitrogens with zero attached hydrogens (tertiary/aromatic N) is 1. The van der Waals surface area contributed by atoms with Gasteiger partial charge in [-0.15, -0.1) is 0 Å². The fraction of sp³-hybridized carbons (Fsp3) is 0.562. The maximum Gasteiger partial charge on any atom is 0.143 e. The van der Waals surface area contributed by atoms with Crippen LogP contribution < -0.4 is 10.5 Å². The molecule has 0 spiro atoms. The van der Waals surface area contributed by atoms with Crippen molar-refractivity contribution < 1.29 is 4.74 Å². The second-order valence-corrected chi connectivity index (χ2v) is 4.15. The Hall–Kier alpha value is -1.51. The minimum absolute atomic E-state index is 0.684. The topological polar surface area (TPSA) is 47.6 Å². The van der Waals surface area contributed by atoms with Crippen LogP contribution in [0.2, 0.25) is 0 Å². The lowest BCUT2D eigenvalue weighted by Gasteiger charge is -2.11. The monoisotopic (exact) mass is 264 g/mol. The van der Waals surface area contributed by atoms with E-state index in [-0.39, 0.29) is 0 Å². The Kier molecular flexibility index (Phi) is 9.59. The van der Waals surface area contributed by atoms with Crippen LogP contribution in [0, 0.1) is 6.92 Å². The third-order valence-electron chi connectivity index (χ3n) is 2.36. The summed E-state index contributed by atoms with van der Waals surface area (Å²) in [6.07, 6.45) is 3.86. The number of benzene rings is 1. The van der Waals surface area contributed by atoms with Crippen LogP contribution in [0.1, 0.15) is 51.7 Å². The van der Waals surface area contributed by atoms with Crippen LogP contribution in [0.25, 0.3) is 0 Å². The molecule has 0 amide bonds. The number of hydrogen-bond donors (Lipinski definition) is 1. The van der Waals surface area contributed by atoms with Gasteiger partial charge in [-0.2, -0.15) is 0 Å². The first-order valence-corrected chi connectivity index (χ1v) is 7.21. The Morgan fingerprint density at radius 1 is 1.21 bits per heavy atom. The van der Waals surface area contributed by atoms with Gasteiger partial charge in [0, 0.05) is 18.3 Å². The van der Waals surface area contributed by atoms with Gasteiger partial charge in [0.15, 0.2) is 0 Å². The molecule has 1 aromatic carbocycles. The van der Waals surface area contributed by atoms with Crippen LogP contribution in [0.4, 0.5) is 5.69 Å². The average molecular weight is 264 g/mol. The second-order valence-electron chi connectivity index (χ2n) is 4.15. The first kappa shape index (κ1) is 17.5. The third kappa shape index (κ3) is 6.27. The Morgan fingerprint density at radius 3 is 2.47 bits per heavy atom. The van der Waals surface area contributed by atoms with Crippen molar-refractivity contribution in [1.82, 2.24) is 0 Å². The summed E-state index contributed by atoms with van der Waals surface area (Å²) in [7, 11) is 0. The van der Waals surface area contributed by atoms with Crippen molar-refractivity contribution in [2.24, 2.45) is 4.99 Å². The highest BCUT2D eigenvalue weighted by Gasteiger charge is 2.06. The molecule has 0 atom stereocenters. The van der Waals surface area contributed by atoms with Gasteiger partial charge in [0.25, 0.3) is 0 Å². The first-order valence-electron chi connectivity index (χ1n) is 7.21. The van der Waals surface area contributed by atoms with Crippen LogP contribution in [0.15, 0.2) is 17.1 Å². The summed E-state index contributed by atoms with van der Waals surface area (Å²) >= 11 is 0. The van der Waals surface area contributed by atoms with E-state index in [4.69, 9.17) is 10.5 Å². The van der Waals surface area contributed by atoms with Crippen molar-refractivity contribution >= 4 is 11.9 Å². The highest BCUT2D eigenvalue weighted by atomic mass is 16.5. The quantitative estimate of drug-likeness (QED) is 0.617. The van der Waals surface area contributed by atoms with Gasteiger partial charge in [-0.05, 0) is 37.5 Å². The molecule has 1 aromatic rings. The zero-order valence-corrected chi connectivity index (χ0v) is 13.0. The van der Waals surface area contributed by atoms with Gasteiger partial charge in [0.1, 0.15) is 5.75 Å². The summed E-state index contributed by atoms with van der Waals surface area (Å²) in [4.78, 5) is 4.32.